The summed E-state index contributed by atoms with van der Waals surface area (Å²) in [5, 5.41) is 10.9. The number of ether oxygens (including phenoxy) is 2. The molecule has 0 bridgehead atoms. The van der Waals surface area contributed by atoms with E-state index in [1.165, 1.54) is 0 Å². The van der Waals surface area contributed by atoms with Crippen LogP contribution in [0.5, 0.6) is 0 Å². The van der Waals surface area contributed by atoms with Gasteiger partial charge in [-0.1, -0.05) is 36.9 Å². The van der Waals surface area contributed by atoms with E-state index in [1.807, 2.05) is 18.2 Å². The van der Waals surface area contributed by atoms with Crippen molar-refractivity contribution >= 4 is 23.7 Å². The Morgan fingerprint density at radius 3 is 2.07 bits per heavy atom. The van der Waals surface area contributed by atoms with E-state index in [0.29, 0.717) is 11.3 Å². The fourth-order valence-electron chi connectivity index (χ4n) is 2.16. The van der Waals surface area contributed by atoms with Gasteiger partial charge in [-0.15, -0.1) is 0 Å². The summed E-state index contributed by atoms with van der Waals surface area (Å²) in [7, 11) is 0. The summed E-state index contributed by atoms with van der Waals surface area (Å²) >= 11 is 0. The highest BCUT2D eigenvalue weighted by atomic mass is 16.6. The van der Waals surface area contributed by atoms with Gasteiger partial charge in [-0.3, -0.25) is 5.41 Å². The lowest BCUT2D eigenvalue weighted by Gasteiger charge is -2.29. The van der Waals surface area contributed by atoms with Gasteiger partial charge in [-0.2, -0.15) is 0 Å². The van der Waals surface area contributed by atoms with Crippen LogP contribution in [0.1, 0.15) is 53.5 Å². The van der Waals surface area contributed by atoms with E-state index in [1.54, 1.807) is 53.7 Å². The Bertz CT molecular complexity index is 715. The molecule has 0 atom stereocenters. The number of nitrogens with one attached hydrogen (secondary N) is 2. The van der Waals surface area contributed by atoms with Crippen molar-refractivity contribution in [2.24, 2.45) is 0 Å². The number of rotatable bonds is 5. The number of amidine groups is 1. The maximum Gasteiger partial charge on any atom is 0.420 e. The van der Waals surface area contributed by atoms with Crippen LogP contribution in [0.25, 0.3) is 5.70 Å². The van der Waals surface area contributed by atoms with Gasteiger partial charge in [-0.25, -0.2) is 14.5 Å². The predicted octanol–water partition coefficient (Wildman–Crippen LogP) is 4.79. The normalized spacial score (nSPS) is 11.4. The summed E-state index contributed by atoms with van der Waals surface area (Å²) in [6, 6.07) is 9.09. The summed E-state index contributed by atoms with van der Waals surface area (Å²) in [6.07, 6.45) is -1.17. The molecule has 0 aliphatic heterocycles. The fourth-order valence-corrected chi connectivity index (χ4v) is 2.16. The van der Waals surface area contributed by atoms with Crippen molar-refractivity contribution in [1.29, 1.82) is 5.41 Å². The van der Waals surface area contributed by atoms with E-state index >= 15 is 0 Å². The topological polar surface area (TPSA) is 91.7 Å². The van der Waals surface area contributed by atoms with Crippen molar-refractivity contribution < 1.29 is 19.1 Å². The molecule has 7 nitrogen and oxygen atoms in total. The van der Waals surface area contributed by atoms with Gasteiger partial charge in [0.05, 0.1) is 5.70 Å². The molecule has 154 valence electrons. The van der Waals surface area contributed by atoms with E-state index in [2.05, 4.69) is 11.9 Å². The standard InChI is InChI=1S/C21H31N3O4/c1-15(16-11-9-8-10-12-16)24(19(26)28-21(5,6)7)17(22)13-14-23-18(25)27-20(2,3)4/h8-12,22H,1,13-14H2,2-7H3,(H,23,25). The highest BCUT2D eigenvalue weighted by molar-refractivity contribution is 6.02. The second-order valence-corrected chi connectivity index (χ2v) is 8.25. The highest BCUT2D eigenvalue weighted by Crippen LogP contribution is 2.21. The third-order valence-corrected chi connectivity index (χ3v) is 3.25. The maximum absolute atomic E-state index is 12.7. The minimum absolute atomic E-state index is 0.0424. The average molecular weight is 389 g/mol. The van der Waals surface area contributed by atoms with Crippen LogP contribution in [-0.4, -0.2) is 40.7 Å². The Morgan fingerprint density at radius 1 is 1.04 bits per heavy atom. The average Bonchev–Trinajstić information content (AvgIpc) is 2.52. The Balaban J connectivity index is 2.86. The lowest BCUT2D eigenvalue weighted by Crippen LogP contribution is -2.41. The van der Waals surface area contributed by atoms with Crippen molar-refractivity contribution in [3.8, 4) is 0 Å². The number of amides is 2. The summed E-state index contributed by atoms with van der Waals surface area (Å²) < 4.78 is 10.6. The molecular formula is C21H31N3O4. The van der Waals surface area contributed by atoms with Gasteiger partial charge >= 0.3 is 12.2 Å². The molecule has 28 heavy (non-hydrogen) atoms. The molecule has 0 unspecified atom stereocenters. The first-order chi connectivity index (χ1) is 12.8. The van der Waals surface area contributed by atoms with Crippen LogP contribution in [0.4, 0.5) is 9.59 Å². The number of hydrogen-bond acceptors (Lipinski definition) is 5. The van der Waals surface area contributed by atoms with Gasteiger partial charge in [-0.05, 0) is 47.1 Å². The molecule has 0 aromatic heterocycles. The van der Waals surface area contributed by atoms with Crippen molar-refractivity contribution in [3.05, 3.63) is 42.5 Å². The van der Waals surface area contributed by atoms with Gasteiger partial charge in [0.15, 0.2) is 0 Å². The Kier molecular flexibility index (Phi) is 7.78. The molecule has 2 amide bonds. The third kappa shape index (κ3) is 8.24. The van der Waals surface area contributed by atoms with Crippen LogP contribution in [-0.2, 0) is 9.47 Å². The zero-order valence-corrected chi connectivity index (χ0v) is 17.6. The SMILES string of the molecule is C=C(c1ccccc1)N(C(=N)CCNC(=O)OC(C)(C)C)C(=O)OC(C)(C)C. The molecule has 0 saturated carbocycles. The minimum Gasteiger partial charge on any atom is -0.444 e. The first kappa shape index (κ1) is 23.2. The van der Waals surface area contributed by atoms with Crippen molar-refractivity contribution in [1.82, 2.24) is 10.2 Å². The lowest BCUT2D eigenvalue weighted by atomic mass is 10.1. The van der Waals surface area contributed by atoms with Gasteiger partial charge < -0.3 is 14.8 Å². The van der Waals surface area contributed by atoms with Gasteiger partial charge in [0.2, 0.25) is 0 Å². The zero-order valence-electron chi connectivity index (χ0n) is 17.6. The van der Waals surface area contributed by atoms with Gasteiger partial charge in [0, 0.05) is 13.0 Å². The molecule has 0 radical (unpaired) electrons. The number of nitrogens with zero attached hydrogens (tertiary/aromatic N) is 1. The summed E-state index contributed by atoms with van der Waals surface area (Å²) in [4.78, 5) is 25.6. The predicted molar refractivity (Wildman–Crippen MR) is 110 cm³/mol. The van der Waals surface area contributed by atoms with Crippen LogP contribution >= 0.6 is 0 Å². The number of benzene rings is 1. The molecular weight excluding hydrogens is 358 g/mol. The Morgan fingerprint density at radius 2 is 1.57 bits per heavy atom. The van der Waals surface area contributed by atoms with E-state index < -0.39 is 23.4 Å². The van der Waals surface area contributed by atoms with Crippen LogP contribution < -0.4 is 5.32 Å². The second kappa shape index (κ2) is 9.39. The third-order valence-electron chi connectivity index (χ3n) is 3.25. The van der Waals surface area contributed by atoms with Gasteiger partial charge in [0.1, 0.15) is 17.0 Å². The molecule has 7 heteroatoms. The minimum atomic E-state index is -0.721. The number of carbonyl (C=O) groups is 2. The summed E-state index contributed by atoms with van der Waals surface area (Å²) in [5.74, 6) is -0.0424. The summed E-state index contributed by atoms with van der Waals surface area (Å²) in [5.41, 5.74) is -0.307. The Labute approximate surface area is 167 Å². The van der Waals surface area contributed by atoms with Crippen LogP contribution in [0, 0.1) is 5.41 Å². The smallest absolute Gasteiger partial charge is 0.420 e. The molecule has 1 rings (SSSR count). The molecule has 0 aliphatic carbocycles. The van der Waals surface area contributed by atoms with Crippen LogP contribution in [0.3, 0.4) is 0 Å². The molecule has 0 fully saturated rings. The maximum atomic E-state index is 12.7. The van der Waals surface area contributed by atoms with E-state index in [4.69, 9.17) is 14.9 Å². The Hall–Kier alpha value is -2.83. The van der Waals surface area contributed by atoms with Gasteiger partial charge in [0.25, 0.3) is 0 Å². The largest absolute Gasteiger partial charge is 0.444 e. The zero-order chi connectivity index (χ0) is 21.5. The second-order valence-electron chi connectivity index (χ2n) is 8.25. The summed E-state index contributed by atoms with van der Waals surface area (Å²) in [6.45, 7) is 14.7. The monoisotopic (exact) mass is 389 g/mol. The molecule has 0 heterocycles. The van der Waals surface area contributed by atoms with Crippen LogP contribution in [0.15, 0.2) is 36.9 Å². The molecule has 0 aliphatic rings. The quantitative estimate of drug-likeness (QED) is 0.560. The molecule has 0 spiro atoms. The molecule has 2 N–H and O–H groups in total. The van der Waals surface area contributed by atoms with E-state index in [9.17, 15) is 9.59 Å². The molecule has 0 saturated heterocycles. The fraction of sp³-hybridized carbons (Fsp3) is 0.476. The van der Waals surface area contributed by atoms with Crippen molar-refractivity contribution in [2.75, 3.05) is 6.54 Å². The molecule has 1 aromatic carbocycles. The number of carbonyl (C=O) groups excluding carboxylic acids is 2. The number of alkyl carbamates (subject to hydrolysis) is 1. The van der Waals surface area contributed by atoms with E-state index in [-0.39, 0.29) is 18.8 Å². The molecule has 1 aromatic rings. The lowest BCUT2D eigenvalue weighted by molar-refractivity contribution is 0.0436. The van der Waals surface area contributed by atoms with Crippen molar-refractivity contribution in [2.45, 2.75) is 59.2 Å². The first-order valence-electron chi connectivity index (χ1n) is 9.12. The first-order valence-corrected chi connectivity index (χ1v) is 9.12. The van der Waals surface area contributed by atoms with E-state index in [0.717, 1.165) is 4.90 Å². The van der Waals surface area contributed by atoms with Crippen LogP contribution in [0.2, 0.25) is 0 Å². The highest BCUT2D eigenvalue weighted by Gasteiger charge is 2.28. The van der Waals surface area contributed by atoms with Crippen molar-refractivity contribution in [3.63, 3.8) is 0 Å². The number of hydrogen-bond donors (Lipinski definition) is 2.